The van der Waals surface area contributed by atoms with E-state index in [1.54, 1.807) is 0 Å². The van der Waals surface area contributed by atoms with Crippen molar-refractivity contribution >= 4 is 5.97 Å². The van der Waals surface area contributed by atoms with Gasteiger partial charge in [0.2, 0.25) is 0 Å². The van der Waals surface area contributed by atoms with Gasteiger partial charge in [0.25, 0.3) is 0 Å². The van der Waals surface area contributed by atoms with Crippen LogP contribution in [0.1, 0.15) is 0 Å². The van der Waals surface area contributed by atoms with Crippen LogP contribution in [0.25, 0.3) is 0 Å². The Morgan fingerprint density at radius 2 is 1.17 bits per heavy atom. The molecule has 0 saturated carbocycles. The summed E-state index contributed by atoms with van der Waals surface area (Å²) in [5, 5.41) is 109. The van der Waals surface area contributed by atoms with Crippen molar-refractivity contribution in [1.29, 1.82) is 0 Å². The lowest BCUT2D eigenvalue weighted by Crippen LogP contribution is -2.67. The Balaban J connectivity index is 1.80. The van der Waals surface area contributed by atoms with E-state index >= 15 is 0 Å². The molecule has 204 valence electrons. The van der Waals surface area contributed by atoms with E-state index in [1.165, 1.54) is 0 Å². The molecule has 17 heteroatoms. The minimum absolute atomic E-state index is 0.806. The van der Waals surface area contributed by atoms with Gasteiger partial charge in [0.1, 0.15) is 67.1 Å². The summed E-state index contributed by atoms with van der Waals surface area (Å²) in [4.78, 5) is 11.3. The highest BCUT2D eigenvalue weighted by Gasteiger charge is 2.54. The summed E-state index contributed by atoms with van der Waals surface area (Å²) in [5.41, 5.74) is 0. The lowest BCUT2D eigenvalue weighted by Gasteiger charge is -2.47. The van der Waals surface area contributed by atoms with Crippen LogP contribution < -0.4 is 0 Å². The first-order valence-corrected chi connectivity index (χ1v) is 10.6. The van der Waals surface area contributed by atoms with Crippen LogP contribution in [0.4, 0.5) is 0 Å². The van der Waals surface area contributed by atoms with Gasteiger partial charge in [-0.2, -0.15) is 0 Å². The summed E-state index contributed by atoms with van der Waals surface area (Å²) in [5.74, 6) is -1.71. The first-order chi connectivity index (χ1) is 16.4. The summed E-state index contributed by atoms with van der Waals surface area (Å²) in [7, 11) is 0. The van der Waals surface area contributed by atoms with Gasteiger partial charge in [-0.1, -0.05) is 0 Å². The van der Waals surface area contributed by atoms with Crippen molar-refractivity contribution in [3.8, 4) is 0 Å². The molecular formula is C18H30O17. The number of carboxylic acids is 1. The normalized spacial score (nSPS) is 51.2. The molecule has 0 aliphatic carbocycles. The Morgan fingerprint density at radius 1 is 0.600 bits per heavy atom. The number of ether oxygens (including phenoxy) is 5. The van der Waals surface area contributed by atoms with Gasteiger partial charge in [0.05, 0.1) is 13.2 Å². The van der Waals surface area contributed by atoms with Crippen LogP contribution in [0.3, 0.4) is 0 Å². The van der Waals surface area contributed by atoms with E-state index in [4.69, 9.17) is 28.8 Å². The highest BCUT2D eigenvalue weighted by molar-refractivity contribution is 5.73. The largest absolute Gasteiger partial charge is 0.479 e. The quantitative estimate of drug-likeness (QED) is 0.149. The van der Waals surface area contributed by atoms with Gasteiger partial charge in [0, 0.05) is 0 Å². The second-order valence-corrected chi connectivity index (χ2v) is 8.37. The maximum absolute atomic E-state index is 11.3. The van der Waals surface area contributed by atoms with Crippen LogP contribution in [0.15, 0.2) is 0 Å². The molecule has 0 aromatic heterocycles. The zero-order valence-corrected chi connectivity index (χ0v) is 17.9. The van der Waals surface area contributed by atoms with Crippen LogP contribution >= 0.6 is 0 Å². The molecular weight excluding hydrogens is 488 g/mol. The predicted octanol–water partition coefficient (Wildman–Crippen LogP) is -7.48. The number of rotatable bonds is 7. The van der Waals surface area contributed by atoms with Gasteiger partial charge < -0.3 is 79.9 Å². The fourth-order valence-corrected chi connectivity index (χ4v) is 4.04. The van der Waals surface area contributed by atoms with Crippen molar-refractivity contribution < 1.29 is 84.7 Å². The number of hydrogen-bond acceptors (Lipinski definition) is 16. The molecule has 11 N–H and O–H groups in total. The Kier molecular flexibility index (Phi) is 9.35. The zero-order valence-electron chi connectivity index (χ0n) is 17.9. The molecule has 3 fully saturated rings. The molecule has 0 amide bonds. The minimum atomic E-state index is -2.04. The fourth-order valence-electron chi connectivity index (χ4n) is 4.04. The molecule has 0 radical (unpaired) electrons. The molecule has 3 aliphatic heterocycles. The standard InChI is InChI=1S/C18H30O17/c19-1-3-5(21)13(34-17-10(26)6(22)7(23)14(35-17)15(28)29)11(27)18(32-3)33-12-4(2-20)31-16(30)9(25)8(12)24/h3-14,16-27,30H,1-2H2,(H,28,29)/t3-,4-,5+,6+,7+,8-,9-,10-,11-,12-,13+,14+,16+,17+,18+/m1/s1. The summed E-state index contributed by atoms with van der Waals surface area (Å²) in [6.45, 7) is -1.67. The highest BCUT2D eigenvalue weighted by atomic mass is 16.7. The Labute approximate surface area is 196 Å². The molecule has 0 bridgehead atoms. The number of aliphatic hydroxyl groups excluding tert-OH is 10. The van der Waals surface area contributed by atoms with Crippen molar-refractivity contribution in [2.24, 2.45) is 0 Å². The third kappa shape index (κ3) is 5.59. The summed E-state index contributed by atoms with van der Waals surface area (Å²) < 4.78 is 26.0. The number of carboxylic acid groups (broad SMARTS) is 1. The van der Waals surface area contributed by atoms with E-state index in [9.17, 15) is 55.9 Å². The number of aliphatic carboxylic acids is 1. The summed E-state index contributed by atoms with van der Waals surface area (Å²) >= 11 is 0. The SMILES string of the molecule is O=C(O)[C@H]1O[C@H](O[C@H]2[C@@H](O)[C@@H](CO)O[C@@H](O[C@H]3[C@H](O)[C@@H](O)[C@@H](O)O[C@@H]3CO)[C@@H]2O)[C@H](O)[C@@H](O)[C@@H]1O. The van der Waals surface area contributed by atoms with Gasteiger partial charge in [-0.25, -0.2) is 4.79 Å². The summed E-state index contributed by atoms with van der Waals surface area (Å²) in [6, 6.07) is 0. The predicted molar refractivity (Wildman–Crippen MR) is 102 cm³/mol. The molecule has 3 aliphatic rings. The monoisotopic (exact) mass is 518 g/mol. The van der Waals surface area contributed by atoms with Crippen molar-refractivity contribution in [3.05, 3.63) is 0 Å². The Bertz CT molecular complexity index is 709. The van der Waals surface area contributed by atoms with Gasteiger partial charge in [-0.3, -0.25) is 0 Å². The van der Waals surface area contributed by atoms with Gasteiger partial charge in [-0.15, -0.1) is 0 Å². The highest BCUT2D eigenvalue weighted by Crippen LogP contribution is 2.32. The van der Waals surface area contributed by atoms with E-state index in [1.807, 2.05) is 0 Å². The number of hydrogen-bond donors (Lipinski definition) is 11. The van der Waals surface area contributed by atoms with Crippen LogP contribution in [0, 0.1) is 0 Å². The smallest absolute Gasteiger partial charge is 0.335 e. The average molecular weight is 518 g/mol. The maximum Gasteiger partial charge on any atom is 0.335 e. The molecule has 0 spiro atoms. The van der Waals surface area contributed by atoms with Gasteiger partial charge in [0.15, 0.2) is 25.0 Å². The second-order valence-electron chi connectivity index (χ2n) is 8.37. The lowest BCUT2D eigenvalue weighted by molar-refractivity contribution is -0.377. The lowest BCUT2D eigenvalue weighted by atomic mass is 9.96. The molecule has 0 aromatic carbocycles. The third-order valence-electron chi connectivity index (χ3n) is 6.06. The fraction of sp³-hybridized carbons (Fsp3) is 0.944. The first-order valence-electron chi connectivity index (χ1n) is 10.6. The zero-order chi connectivity index (χ0) is 26.2. The van der Waals surface area contributed by atoms with E-state index in [0.29, 0.717) is 0 Å². The van der Waals surface area contributed by atoms with Crippen LogP contribution in [0.5, 0.6) is 0 Å². The van der Waals surface area contributed by atoms with E-state index in [2.05, 4.69) is 0 Å². The molecule has 3 rings (SSSR count). The molecule has 0 unspecified atom stereocenters. The van der Waals surface area contributed by atoms with Gasteiger partial charge >= 0.3 is 5.97 Å². The Morgan fingerprint density at radius 3 is 1.74 bits per heavy atom. The molecule has 0 aromatic rings. The van der Waals surface area contributed by atoms with Gasteiger partial charge in [-0.05, 0) is 0 Å². The molecule has 17 nitrogen and oxygen atoms in total. The van der Waals surface area contributed by atoms with Crippen molar-refractivity contribution in [2.75, 3.05) is 13.2 Å². The second kappa shape index (κ2) is 11.5. The Hall–Kier alpha value is -1.13. The molecule has 15 atom stereocenters. The van der Waals surface area contributed by atoms with Crippen molar-refractivity contribution in [2.45, 2.75) is 92.1 Å². The third-order valence-corrected chi connectivity index (χ3v) is 6.06. The van der Waals surface area contributed by atoms with Crippen molar-refractivity contribution in [3.63, 3.8) is 0 Å². The minimum Gasteiger partial charge on any atom is -0.479 e. The van der Waals surface area contributed by atoms with E-state index in [-0.39, 0.29) is 0 Å². The van der Waals surface area contributed by atoms with Crippen LogP contribution in [-0.4, -0.2) is 167 Å². The average Bonchev–Trinajstić information content (AvgIpc) is 2.82. The summed E-state index contributed by atoms with van der Waals surface area (Å²) in [6.07, 6.45) is -27.7. The van der Waals surface area contributed by atoms with Crippen LogP contribution in [0.2, 0.25) is 0 Å². The number of carbonyl (C=O) groups is 1. The number of aliphatic hydroxyl groups is 10. The first kappa shape index (κ1) is 28.4. The topological polar surface area (TPSA) is 286 Å². The van der Waals surface area contributed by atoms with Crippen molar-refractivity contribution in [1.82, 2.24) is 0 Å². The molecule has 3 saturated heterocycles. The molecule has 35 heavy (non-hydrogen) atoms. The molecule has 3 heterocycles. The van der Waals surface area contributed by atoms with Crippen LogP contribution in [-0.2, 0) is 28.5 Å². The van der Waals surface area contributed by atoms with E-state index < -0.39 is 111 Å². The van der Waals surface area contributed by atoms with E-state index in [0.717, 1.165) is 0 Å². The maximum atomic E-state index is 11.3.